The van der Waals surface area contributed by atoms with E-state index in [-0.39, 0.29) is 0 Å². The molecule has 3 fully saturated rings. The van der Waals surface area contributed by atoms with E-state index in [1.807, 2.05) is 0 Å². The Hall–Kier alpha value is -0.570. The maximum absolute atomic E-state index is 12.2. The lowest BCUT2D eigenvalue weighted by Crippen LogP contribution is -2.46. The predicted molar refractivity (Wildman–Crippen MR) is 81.5 cm³/mol. The highest BCUT2D eigenvalue weighted by atomic mass is 16.2. The van der Waals surface area contributed by atoms with Crippen molar-refractivity contribution in [1.29, 1.82) is 0 Å². The van der Waals surface area contributed by atoms with Crippen molar-refractivity contribution >= 4 is 5.91 Å². The van der Waals surface area contributed by atoms with Crippen LogP contribution in [0.3, 0.4) is 0 Å². The SMILES string of the molecule is O=C(CNC1CCC2CCCCC2C1)N1CCCCC1. The van der Waals surface area contributed by atoms with Crippen LogP contribution < -0.4 is 5.32 Å². The molecule has 3 rings (SSSR count). The minimum atomic E-state index is 0.329. The van der Waals surface area contributed by atoms with Crippen LogP contribution in [0.5, 0.6) is 0 Å². The van der Waals surface area contributed by atoms with Crippen LogP contribution in [0.25, 0.3) is 0 Å². The van der Waals surface area contributed by atoms with Crippen LogP contribution in [0, 0.1) is 11.8 Å². The van der Waals surface area contributed by atoms with Gasteiger partial charge in [0.2, 0.25) is 5.91 Å². The first-order valence-corrected chi connectivity index (χ1v) is 8.84. The Labute approximate surface area is 123 Å². The van der Waals surface area contributed by atoms with E-state index in [1.165, 1.54) is 64.2 Å². The highest BCUT2D eigenvalue weighted by Gasteiger charge is 2.32. The summed E-state index contributed by atoms with van der Waals surface area (Å²) in [6.07, 6.45) is 13.5. The minimum absolute atomic E-state index is 0.329. The number of nitrogens with zero attached hydrogens (tertiary/aromatic N) is 1. The Morgan fingerprint density at radius 3 is 2.45 bits per heavy atom. The van der Waals surface area contributed by atoms with Crippen LogP contribution in [-0.4, -0.2) is 36.5 Å². The Morgan fingerprint density at radius 2 is 1.65 bits per heavy atom. The first kappa shape index (κ1) is 14.4. The second-order valence-electron chi connectivity index (χ2n) is 7.14. The summed E-state index contributed by atoms with van der Waals surface area (Å²) in [5.74, 6) is 2.27. The molecule has 3 unspecified atom stereocenters. The van der Waals surface area contributed by atoms with Crippen molar-refractivity contribution in [3.8, 4) is 0 Å². The van der Waals surface area contributed by atoms with E-state index in [2.05, 4.69) is 10.2 Å². The van der Waals surface area contributed by atoms with Crippen LogP contribution in [-0.2, 0) is 4.79 Å². The van der Waals surface area contributed by atoms with Gasteiger partial charge >= 0.3 is 0 Å². The van der Waals surface area contributed by atoms with Gasteiger partial charge in [-0.25, -0.2) is 0 Å². The predicted octanol–water partition coefficient (Wildman–Crippen LogP) is 2.95. The highest BCUT2D eigenvalue weighted by Crippen LogP contribution is 2.40. The van der Waals surface area contributed by atoms with Gasteiger partial charge in [-0.3, -0.25) is 4.79 Å². The van der Waals surface area contributed by atoms with Gasteiger partial charge in [0, 0.05) is 19.1 Å². The number of piperidine rings is 1. The first-order valence-electron chi connectivity index (χ1n) is 8.84. The highest BCUT2D eigenvalue weighted by molar-refractivity contribution is 5.78. The van der Waals surface area contributed by atoms with Gasteiger partial charge in [-0.1, -0.05) is 25.7 Å². The molecule has 0 bridgehead atoms. The molecule has 3 nitrogen and oxygen atoms in total. The summed E-state index contributed by atoms with van der Waals surface area (Å²) in [4.78, 5) is 14.2. The fourth-order valence-corrected chi connectivity index (χ4v) is 4.55. The van der Waals surface area contributed by atoms with Gasteiger partial charge in [-0.05, 0) is 50.4 Å². The molecule has 0 aromatic heterocycles. The summed E-state index contributed by atoms with van der Waals surface area (Å²) in [6, 6.07) is 0.600. The normalized spacial score (nSPS) is 34.6. The molecule has 1 N–H and O–H groups in total. The monoisotopic (exact) mass is 278 g/mol. The number of nitrogens with one attached hydrogen (secondary N) is 1. The van der Waals surface area contributed by atoms with Gasteiger partial charge in [0.25, 0.3) is 0 Å². The second kappa shape index (κ2) is 6.93. The third-order valence-electron chi connectivity index (χ3n) is 5.79. The third-order valence-corrected chi connectivity index (χ3v) is 5.79. The smallest absolute Gasteiger partial charge is 0.236 e. The van der Waals surface area contributed by atoms with Gasteiger partial charge < -0.3 is 10.2 Å². The van der Waals surface area contributed by atoms with Crippen molar-refractivity contribution in [2.24, 2.45) is 11.8 Å². The molecular formula is C17H30N2O. The molecule has 3 aliphatic rings. The minimum Gasteiger partial charge on any atom is -0.342 e. The summed E-state index contributed by atoms with van der Waals surface area (Å²) >= 11 is 0. The van der Waals surface area contributed by atoms with E-state index in [0.29, 0.717) is 18.5 Å². The van der Waals surface area contributed by atoms with Crippen molar-refractivity contribution in [3.63, 3.8) is 0 Å². The van der Waals surface area contributed by atoms with Crippen LogP contribution in [0.1, 0.15) is 64.2 Å². The summed E-state index contributed by atoms with van der Waals surface area (Å²) < 4.78 is 0. The van der Waals surface area contributed by atoms with E-state index in [9.17, 15) is 4.79 Å². The molecule has 1 heterocycles. The van der Waals surface area contributed by atoms with Crippen LogP contribution in [0.4, 0.5) is 0 Å². The Morgan fingerprint density at radius 1 is 0.900 bits per heavy atom. The lowest BCUT2D eigenvalue weighted by Gasteiger charge is -2.39. The molecule has 1 saturated heterocycles. The van der Waals surface area contributed by atoms with Crippen LogP contribution in [0.2, 0.25) is 0 Å². The van der Waals surface area contributed by atoms with Crippen molar-refractivity contribution in [2.45, 2.75) is 70.3 Å². The molecule has 0 spiro atoms. The number of hydrogen-bond donors (Lipinski definition) is 1. The zero-order valence-corrected chi connectivity index (χ0v) is 12.8. The first-order chi connectivity index (χ1) is 9.83. The number of likely N-dealkylation sites (tertiary alicyclic amines) is 1. The van der Waals surface area contributed by atoms with E-state index in [0.717, 1.165) is 24.9 Å². The summed E-state index contributed by atoms with van der Waals surface area (Å²) in [7, 11) is 0. The molecule has 3 heteroatoms. The summed E-state index contributed by atoms with van der Waals surface area (Å²) in [6.45, 7) is 2.54. The molecular weight excluding hydrogens is 248 g/mol. The number of hydrogen-bond acceptors (Lipinski definition) is 2. The van der Waals surface area contributed by atoms with Crippen molar-refractivity contribution < 1.29 is 4.79 Å². The van der Waals surface area contributed by atoms with E-state index in [1.54, 1.807) is 0 Å². The molecule has 3 atom stereocenters. The van der Waals surface area contributed by atoms with Gasteiger partial charge in [-0.2, -0.15) is 0 Å². The molecule has 2 aliphatic carbocycles. The topological polar surface area (TPSA) is 32.3 Å². The summed E-state index contributed by atoms with van der Waals surface area (Å²) in [5, 5.41) is 3.56. The Bertz CT molecular complexity index is 325. The lowest BCUT2D eigenvalue weighted by atomic mass is 9.69. The van der Waals surface area contributed by atoms with Crippen molar-refractivity contribution in [1.82, 2.24) is 10.2 Å². The number of fused-ring (bicyclic) bond motifs is 1. The molecule has 0 aromatic rings. The molecule has 1 amide bonds. The Kier molecular flexibility index (Phi) is 4.98. The molecule has 0 radical (unpaired) electrons. The van der Waals surface area contributed by atoms with Gasteiger partial charge in [0.15, 0.2) is 0 Å². The van der Waals surface area contributed by atoms with Crippen LogP contribution >= 0.6 is 0 Å². The van der Waals surface area contributed by atoms with Crippen molar-refractivity contribution in [3.05, 3.63) is 0 Å². The zero-order chi connectivity index (χ0) is 13.8. The van der Waals surface area contributed by atoms with E-state index in [4.69, 9.17) is 0 Å². The van der Waals surface area contributed by atoms with Crippen LogP contribution in [0.15, 0.2) is 0 Å². The molecule has 1 aliphatic heterocycles. The molecule has 0 aromatic carbocycles. The summed E-state index contributed by atoms with van der Waals surface area (Å²) in [5.41, 5.74) is 0. The molecule has 2 saturated carbocycles. The maximum atomic E-state index is 12.2. The van der Waals surface area contributed by atoms with E-state index >= 15 is 0 Å². The average Bonchev–Trinajstić information content (AvgIpc) is 2.53. The Balaban J connectivity index is 1.41. The molecule has 20 heavy (non-hydrogen) atoms. The van der Waals surface area contributed by atoms with Gasteiger partial charge in [0.1, 0.15) is 0 Å². The number of carbonyl (C=O) groups is 1. The maximum Gasteiger partial charge on any atom is 0.236 e. The molecule has 114 valence electrons. The van der Waals surface area contributed by atoms with Gasteiger partial charge in [-0.15, -0.1) is 0 Å². The zero-order valence-electron chi connectivity index (χ0n) is 12.8. The fourth-order valence-electron chi connectivity index (χ4n) is 4.55. The lowest BCUT2D eigenvalue weighted by molar-refractivity contribution is -0.131. The quantitative estimate of drug-likeness (QED) is 0.861. The number of rotatable bonds is 3. The van der Waals surface area contributed by atoms with E-state index < -0.39 is 0 Å². The fraction of sp³-hybridized carbons (Fsp3) is 0.941. The standard InChI is InChI=1S/C17H30N2O/c20-17(19-10-4-1-5-11-19)13-18-16-9-8-14-6-2-3-7-15(14)12-16/h14-16,18H,1-13H2. The number of amides is 1. The largest absolute Gasteiger partial charge is 0.342 e. The number of carbonyl (C=O) groups excluding carboxylic acids is 1. The average molecular weight is 278 g/mol. The second-order valence-corrected chi connectivity index (χ2v) is 7.14. The van der Waals surface area contributed by atoms with Gasteiger partial charge in [0.05, 0.1) is 6.54 Å². The third kappa shape index (κ3) is 3.55. The van der Waals surface area contributed by atoms with Crippen molar-refractivity contribution in [2.75, 3.05) is 19.6 Å².